The number of carbonyl (C=O) groups is 1. The van der Waals surface area contributed by atoms with Gasteiger partial charge >= 0.3 is 0 Å². The van der Waals surface area contributed by atoms with E-state index >= 15 is 0 Å². The van der Waals surface area contributed by atoms with E-state index in [2.05, 4.69) is 10.5 Å². The molecule has 2 aromatic rings. The van der Waals surface area contributed by atoms with Gasteiger partial charge in [0, 0.05) is 12.6 Å². The maximum Gasteiger partial charge on any atom is 0.239 e. The molecule has 0 aliphatic carbocycles. The molecule has 1 aromatic heterocycles. The van der Waals surface area contributed by atoms with Gasteiger partial charge in [0.25, 0.3) is 0 Å². The van der Waals surface area contributed by atoms with Crippen LogP contribution in [-0.4, -0.2) is 48.3 Å². The normalized spacial score (nSPS) is 16.2. The molecule has 1 atom stereocenters. The van der Waals surface area contributed by atoms with Crippen molar-refractivity contribution in [1.29, 1.82) is 0 Å². The van der Waals surface area contributed by atoms with Crippen molar-refractivity contribution in [2.24, 2.45) is 0 Å². The summed E-state index contributed by atoms with van der Waals surface area (Å²) in [6.45, 7) is 5.84. The first-order valence-corrected chi connectivity index (χ1v) is 7.98. The van der Waals surface area contributed by atoms with Gasteiger partial charge in [-0.3, -0.25) is 9.69 Å². The van der Waals surface area contributed by atoms with Crippen LogP contribution < -0.4 is 14.8 Å². The number of aryl methyl sites for hydroxylation is 1. The number of nitrogens with one attached hydrogen (secondary N) is 1. The van der Waals surface area contributed by atoms with E-state index in [9.17, 15) is 4.79 Å². The molecule has 0 bridgehead atoms. The fourth-order valence-electron chi connectivity index (χ4n) is 2.56. The molecule has 1 aliphatic heterocycles. The Morgan fingerprint density at radius 3 is 2.88 bits per heavy atom. The van der Waals surface area contributed by atoms with E-state index in [0.29, 0.717) is 24.7 Å². The molecule has 1 aliphatic rings. The number of ether oxygens (including phenoxy) is 2. The van der Waals surface area contributed by atoms with Crippen LogP contribution >= 0.6 is 0 Å². The predicted molar refractivity (Wildman–Crippen MR) is 88.3 cm³/mol. The lowest BCUT2D eigenvalue weighted by Crippen LogP contribution is -2.43. The first-order valence-electron chi connectivity index (χ1n) is 7.98. The third-order valence-electron chi connectivity index (χ3n) is 3.74. The Balaban J connectivity index is 1.52. The Kier molecular flexibility index (Phi) is 5.00. The smallest absolute Gasteiger partial charge is 0.239 e. The van der Waals surface area contributed by atoms with Crippen LogP contribution in [0, 0.1) is 6.92 Å². The lowest BCUT2D eigenvalue weighted by molar-refractivity contribution is -0.117. The quantitative estimate of drug-likeness (QED) is 0.873. The fraction of sp³-hybridized carbons (Fsp3) is 0.412. The number of hydrogen-bond acceptors (Lipinski definition) is 6. The summed E-state index contributed by atoms with van der Waals surface area (Å²) in [6, 6.07) is 9.28. The molecule has 24 heavy (non-hydrogen) atoms. The number of para-hydroxylation sites is 2. The van der Waals surface area contributed by atoms with Gasteiger partial charge in [-0.1, -0.05) is 24.2 Å². The zero-order valence-corrected chi connectivity index (χ0v) is 13.8. The van der Waals surface area contributed by atoms with E-state index in [-0.39, 0.29) is 18.6 Å². The number of benzene rings is 1. The van der Waals surface area contributed by atoms with Crippen LogP contribution in [-0.2, 0) is 4.79 Å². The van der Waals surface area contributed by atoms with E-state index in [1.165, 1.54) is 0 Å². The van der Waals surface area contributed by atoms with Crippen LogP contribution in [0.2, 0.25) is 0 Å². The molecule has 3 rings (SSSR count). The Morgan fingerprint density at radius 2 is 2.17 bits per heavy atom. The third kappa shape index (κ3) is 4.05. The van der Waals surface area contributed by atoms with Crippen molar-refractivity contribution in [3.8, 4) is 11.5 Å². The molecule has 1 aromatic carbocycles. The maximum absolute atomic E-state index is 12.1. The molecule has 0 fully saturated rings. The van der Waals surface area contributed by atoms with Crippen LogP contribution in [0.3, 0.4) is 0 Å². The Bertz CT molecular complexity index is 701. The summed E-state index contributed by atoms with van der Waals surface area (Å²) in [7, 11) is 0. The molecule has 0 spiro atoms. The highest BCUT2D eigenvalue weighted by Crippen LogP contribution is 2.30. The Morgan fingerprint density at radius 1 is 1.38 bits per heavy atom. The zero-order chi connectivity index (χ0) is 16.9. The minimum atomic E-state index is -0.137. The second-order valence-corrected chi connectivity index (χ2v) is 5.70. The number of fused-ring (bicyclic) bond motifs is 1. The number of nitrogens with zero attached hydrogens (tertiary/aromatic N) is 2. The van der Waals surface area contributed by atoms with Crippen LogP contribution in [0.15, 0.2) is 34.9 Å². The van der Waals surface area contributed by atoms with Crippen molar-refractivity contribution in [3.63, 3.8) is 0 Å². The molecule has 0 unspecified atom stereocenters. The largest absolute Gasteiger partial charge is 0.486 e. The molecule has 7 nitrogen and oxygen atoms in total. The van der Waals surface area contributed by atoms with E-state index < -0.39 is 0 Å². The minimum absolute atomic E-state index is 0.109. The van der Waals surface area contributed by atoms with Crippen molar-refractivity contribution >= 4 is 11.7 Å². The summed E-state index contributed by atoms with van der Waals surface area (Å²) in [4.78, 5) is 14.1. The topological polar surface area (TPSA) is 76.8 Å². The number of aromatic nitrogens is 1. The average molecular weight is 331 g/mol. The van der Waals surface area contributed by atoms with Crippen molar-refractivity contribution in [1.82, 2.24) is 10.1 Å². The molecule has 0 saturated carbocycles. The first-order chi connectivity index (χ1) is 11.6. The molecule has 1 amide bonds. The van der Waals surface area contributed by atoms with Crippen LogP contribution in [0.1, 0.15) is 12.7 Å². The lowest BCUT2D eigenvalue weighted by atomic mass is 10.2. The number of anilines is 1. The summed E-state index contributed by atoms with van der Waals surface area (Å²) >= 11 is 0. The molecule has 7 heteroatoms. The SMILES string of the molecule is CCN(CC(=O)Nc1cc(C)on1)C[C@@H]1COc2ccccc2O1. The zero-order valence-electron chi connectivity index (χ0n) is 13.8. The molecule has 0 saturated heterocycles. The van der Waals surface area contributed by atoms with Gasteiger partial charge in [0.05, 0.1) is 6.54 Å². The lowest BCUT2D eigenvalue weighted by Gasteiger charge is -2.30. The van der Waals surface area contributed by atoms with Crippen molar-refractivity contribution in [2.75, 3.05) is 31.6 Å². The van der Waals surface area contributed by atoms with Gasteiger partial charge in [-0.15, -0.1) is 0 Å². The number of likely N-dealkylation sites (N-methyl/N-ethyl adjacent to an activating group) is 1. The highest BCUT2D eigenvalue weighted by molar-refractivity contribution is 5.91. The van der Waals surface area contributed by atoms with E-state index in [4.69, 9.17) is 14.0 Å². The first kappa shape index (κ1) is 16.3. The summed E-state index contributed by atoms with van der Waals surface area (Å²) in [6.07, 6.45) is -0.109. The fourth-order valence-corrected chi connectivity index (χ4v) is 2.56. The number of carbonyl (C=O) groups excluding carboxylic acids is 1. The van der Waals surface area contributed by atoms with Crippen LogP contribution in [0.25, 0.3) is 0 Å². The van der Waals surface area contributed by atoms with Gasteiger partial charge < -0.3 is 19.3 Å². The molecular weight excluding hydrogens is 310 g/mol. The number of rotatable bonds is 6. The monoisotopic (exact) mass is 331 g/mol. The standard InChI is InChI=1S/C17H21N3O4/c1-3-20(10-17(21)18-16-8-12(2)24-19-16)9-13-11-22-14-6-4-5-7-15(14)23-13/h4-8,13H,3,9-11H2,1-2H3,(H,18,19,21)/t13-/m1/s1. The van der Waals surface area contributed by atoms with Gasteiger partial charge in [0.2, 0.25) is 5.91 Å². The van der Waals surface area contributed by atoms with Crippen molar-refractivity contribution < 1.29 is 18.8 Å². The summed E-state index contributed by atoms with van der Waals surface area (Å²) in [5, 5.41) is 6.48. The van der Waals surface area contributed by atoms with Crippen molar-refractivity contribution in [3.05, 3.63) is 36.1 Å². The average Bonchev–Trinajstić information content (AvgIpc) is 2.98. The molecule has 128 valence electrons. The van der Waals surface area contributed by atoms with Crippen LogP contribution in [0.4, 0.5) is 5.82 Å². The van der Waals surface area contributed by atoms with Gasteiger partial charge in [0.15, 0.2) is 17.3 Å². The Hall–Kier alpha value is -2.54. The Labute approximate surface area is 140 Å². The van der Waals surface area contributed by atoms with Gasteiger partial charge in [-0.2, -0.15) is 0 Å². The highest BCUT2D eigenvalue weighted by atomic mass is 16.6. The van der Waals surface area contributed by atoms with Gasteiger partial charge in [0.1, 0.15) is 18.5 Å². The molecule has 1 N–H and O–H groups in total. The third-order valence-corrected chi connectivity index (χ3v) is 3.74. The second kappa shape index (κ2) is 7.35. The molecular formula is C17H21N3O4. The highest BCUT2D eigenvalue weighted by Gasteiger charge is 2.23. The number of amides is 1. The second-order valence-electron chi connectivity index (χ2n) is 5.70. The van der Waals surface area contributed by atoms with Crippen molar-refractivity contribution in [2.45, 2.75) is 20.0 Å². The van der Waals surface area contributed by atoms with Gasteiger partial charge in [-0.05, 0) is 25.6 Å². The number of hydrogen-bond donors (Lipinski definition) is 1. The maximum atomic E-state index is 12.1. The van der Waals surface area contributed by atoms with E-state index in [0.717, 1.165) is 18.0 Å². The van der Waals surface area contributed by atoms with E-state index in [1.54, 1.807) is 13.0 Å². The molecule has 2 heterocycles. The van der Waals surface area contributed by atoms with E-state index in [1.807, 2.05) is 36.1 Å². The summed E-state index contributed by atoms with van der Waals surface area (Å²) in [5.74, 6) is 2.45. The summed E-state index contributed by atoms with van der Waals surface area (Å²) in [5.41, 5.74) is 0. The summed E-state index contributed by atoms with van der Waals surface area (Å²) < 4.78 is 16.6. The molecule has 0 radical (unpaired) electrons. The predicted octanol–water partition coefficient (Wildman–Crippen LogP) is 2.08. The van der Waals surface area contributed by atoms with Crippen LogP contribution in [0.5, 0.6) is 11.5 Å². The minimum Gasteiger partial charge on any atom is -0.486 e. The van der Waals surface area contributed by atoms with Gasteiger partial charge in [-0.25, -0.2) is 0 Å².